The van der Waals surface area contributed by atoms with E-state index in [2.05, 4.69) is 27.2 Å². The zero-order chi connectivity index (χ0) is 18.6. The number of hydrogen-bond donors (Lipinski definition) is 1. The first-order valence-corrected chi connectivity index (χ1v) is 10.6. The molecular weight excluding hydrogens is 397 g/mol. The molecule has 0 atom stereocenters. The number of benzene rings is 1. The third-order valence-corrected chi connectivity index (χ3v) is 6.64. The fourth-order valence-corrected chi connectivity index (χ4v) is 4.98. The normalized spacial score (nSPS) is 18.7. The molecule has 1 N–H and O–H groups in total. The van der Waals surface area contributed by atoms with E-state index in [1.807, 2.05) is 6.07 Å². The predicted molar refractivity (Wildman–Crippen MR) is 114 cm³/mol. The molecule has 7 heteroatoms. The van der Waals surface area contributed by atoms with Crippen molar-refractivity contribution in [3.05, 3.63) is 47.1 Å². The number of halogens is 2. The van der Waals surface area contributed by atoms with E-state index >= 15 is 0 Å². The second-order valence-electron chi connectivity index (χ2n) is 7.40. The van der Waals surface area contributed by atoms with Gasteiger partial charge in [-0.1, -0.05) is 12.1 Å². The van der Waals surface area contributed by atoms with Crippen molar-refractivity contribution < 1.29 is 9.18 Å². The van der Waals surface area contributed by atoms with Crippen LogP contribution in [0.1, 0.15) is 17.7 Å². The summed E-state index contributed by atoms with van der Waals surface area (Å²) in [4.78, 5) is 19.5. The SMILES string of the molecule is Cl.O=C(C1CCNCC1)N1CCN(Cc2ccc(-c3cccc(F)c3)s2)CC1. The van der Waals surface area contributed by atoms with Gasteiger partial charge < -0.3 is 10.2 Å². The standard InChI is InChI=1S/C21H26FN3OS.ClH/c22-18-3-1-2-17(14-18)20-5-4-19(27-20)15-24-10-12-25(13-11-24)21(26)16-6-8-23-9-7-16;/h1-5,14,16,23H,6-13,15H2;1H. The van der Waals surface area contributed by atoms with Gasteiger partial charge in [0.05, 0.1) is 0 Å². The molecule has 1 aromatic carbocycles. The molecule has 4 nitrogen and oxygen atoms in total. The number of carbonyl (C=O) groups is 1. The maximum atomic E-state index is 13.4. The van der Waals surface area contributed by atoms with Crippen LogP contribution in [0.5, 0.6) is 0 Å². The van der Waals surface area contributed by atoms with Crippen molar-refractivity contribution in [2.75, 3.05) is 39.3 Å². The summed E-state index contributed by atoms with van der Waals surface area (Å²) >= 11 is 1.72. The van der Waals surface area contributed by atoms with Crippen LogP contribution in [0.25, 0.3) is 10.4 Å². The Morgan fingerprint density at radius 2 is 1.86 bits per heavy atom. The quantitative estimate of drug-likeness (QED) is 0.815. The van der Waals surface area contributed by atoms with Crippen molar-refractivity contribution in [2.24, 2.45) is 5.92 Å². The molecule has 0 aliphatic carbocycles. The Kier molecular flexibility index (Phi) is 7.46. The second-order valence-corrected chi connectivity index (χ2v) is 8.57. The van der Waals surface area contributed by atoms with E-state index in [0.29, 0.717) is 5.91 Å². The minimum Gasteiger partial charge on any atom is -0.340 e. The van der Waals surface area contributed by atoms with Crippen molar-refractivity contribution in [3.8, 4) is 10.4 Å². The average Bonchev–Trinajstić information content (AvgIpc) is 3.17. The molecular formula is C21H27ClFN3OS. The lowest BCUT2D eigenvalue weighted by Gasteiger charge is -2.37. The van der Waals surface area contributed by atoms with Gasteiger partial charge in [0.25, 0.3) is 0 Å². The highest BCUT2D eigenvalue weighted by Crippen LogP contribution is 2.29. The highest BCUT2D eigenvalue weighted by Gasteiger charge is 2.28. The first-order chi connectivity index (χ1) is 13.2. The number of piperidine rings is 1. The lowest BCUT2D eigenvalue weighted by molar-refractivity contribution is -0.138. The van der Waals surface area contributed by atoms with Crippen LogP contribution in [-0.4, -0.2) is 55.0 Å². The van der Waals surface area contributed by atoms with E-state index in [9.17, 15) is 9.18 Å². The molecule has 1 aromatic heterocycles. The summed E-state index contributed by atoms with van der Waals surface area (Å²) < 4.78 is 13.4. The number of hydrogen-bond acceptors (Lipinski definition) is 4. The van der Waals surface area contributed by atoms with Crippen molar-refractivity contribution in [2.45, 2.75) is 19.4 Å². The summed E-state index contributed by atoms with van der Waals surface area (Å²) in [5.74, 6) is 0.363. The Labute approximate surface area is 176 Å². The van der Waals surface area contributed by atoms with Crippen LogP contribution in [0, 0.1) is 11.7 Å². The topological polar surface area (TPSA) is 35.6 Å². The molecule has 0 radical (unpaired) electrons. The summed E-state index contributed by atoms with van der Waals surface area (Å²) in [6.07, 6.45) is 1.94. The summed E-state index contributed by atoms with van der Waals surface area (Å²) in [7, 11) is 0. The molecule has 0 bridgehead atoms. The molecule has 2 aliphatic rings. The van der Waals surface area contributed by atoms with E-state index in [1.165, 1.54) is 10.9 Å². The van der Waals surface area contributed by atoms with Gasteiger partial charge in [0.15, 0.2) is 0 Å². The second kappa shape index (κ2) is 9.83. The monoisotopic (exact) mass is 423 g/mol. The summed E-state index contributed by atoms with van der Waals surface area (Å²) in [5, 5.41) is 3.33. The number of nitrogens with zero attached hydrogens (tertiary/aromatic N) is 2. The first-order valence-electron chi connectivity index (χ1n) is 9.75. The van der Waals surface area contributed by atoms with Gasteiger partial charge >= 0.3 is 0 Å². The Bertz CT molecular complexity index is 785. The van der Waals surface area contributed by atoms with Crippen LogP contribution in [-0.2, 0) is 11.3 Å². The molecule has 0 saturated carbocycles. The van der Waals surface area contributed by atoms with Crippen LogP contribution in [0.2, 0.25) is 0 Å². The average molecular weight is 424 g/mol. The Balaban J connectivity index is 0.00000225. The van der Waals surface area contributed by atoms with Crippen LogP contribution >= 0.6 is 23.7 Å². The van der Waals surface area contributed by atoms with Crippen LogP contribution in [0.3, 0.4) is 0 Å². The third-order valence-electron chi connectivity index (χ3n) is 5.52. The molecule has 2 aliphatic heterocycles. The molecule has 0 unspecified atom stereocenters. The molecule has 2 fully saturated rings. The molecule has 1 amide bonds. The van der Waals surface area contributed by atoms with Crippen molar-refractivity contribution in [3.63, 3.8) is 0 Å². The van der Waals surface area contributed by atoms with Gasteiger partial charge in [-0.2, -0.15) is 0 Å². The molecule has 152 valence electrons. The number of nitrogens with one attached hydrogen (secondary N) is 1. The van der Waals surface area contributed by atoms with E-state index in [1.54, 1.807) is 23.5 Å². The summed E-state index contributed by atoms with van der Waals surface area (Å²) in [6, 6.07) is 11.0. The number of carbonyl (C=O) groups excluding carboxylic acids is 1. The largest absolute Gasteiger partial charge is 0.340 e. The van der Waals surface area contributed by atoms with E-state index in [4.69, 9.17) is 0 Å². The van der Waals surface area contributed by atoms with E-state index < -0.39 is 0 Å². The Morgan fingerprint density at radius 1 is 1.11 bits per heavy atom. The fraction of sp³-hybridized carbons (Fsp3) is 0.476. The number of piperazine rings is 1. The highest BCUT2D eigenvalue weighted by atomic mass is 35.5. The molecule has 2 aromatic rings. The maximum absolute atomic E-state index is 13.4. The molecule has 0 spiro atoms. The van der Waals surface area contributed by atoms with Crippen LogP contribution in [0.4, 0.5) is 4.39 Å². The van der Waals surface area contributed by atoms with Gasteiger partial charge in [-0.15, -0.1) is 23.7 Å². The zero-order valence-corrected chi connectivity index (χ0v) is 17.5. The minimum atomic E-state index is -0.197. The number of thiophene rings is 1. The van der Waals surface area contributed by atoms with Crippen LogP contribution < -0.4 is 5.32 Å². The highest BCUT2D eigenvalue weighted by molar-refractivity contribution is 7.15. The van der Waals surface area contributed by atoms with Crippen LogP contribution in [0.15, 0.2) is 36.4 Å². The smallest absolute Gasteiger partial charge is 0.225 e. The van der Waals surface area contributed by atoms with Gasteiger partial charge in [0, 0.05) is 48.4 Å². The minimum absolute atomic E-state index is 0. The number of amides is 1. The van der Waals surface area contributed by atoms with Gasteiger partial charge in [-0.3, -0.25) is 9.69 Å². The van der Waals surface area contributed by atoms with Gasteiger partial charge in [-0.25, -0.2) is 4.39 Å². The lowest BCUT2D eigenvalue weighted by atomic mass is 9.96. The third kappa shape index (κ3) is 5.11. The molecule has 3 heterocycles. The Hall–Kier alpha value is -1.47. The fourth-order valence-electron chi connectivity index (χ4n) is 3.93. The first kappa shape index (κ1) is 21.2. The summed E-state index contributed by atoms with van der Waals surface area (Å²) in [6.45, 7) is 6.31. The maximum Gasteiger partial charge on any atom is 0.225 e. The molecule has 28 heavy (non-hydrogen) atoms. The van der Waals surface area contributed by atoms with E-state index in [0.717, 1.165) is 69.1 Å². The van der Waals surface area contributed by atoms with Gasteiger partial charge in [-0.05, 0) is 55.8 Å². The van der Waals surface area contributed by atoms with Crippen molar-refractivity contribution >= 4 is 29.7 Å². The van der Waals surface area contributed by atoms with Crippen molar-refractivity contribution in [1.82, 2.24) is 15.1 Å². The van der Waals surface area contributed by atoms with Gasteiger partial charge in [0.1, 0.15) is 5.82 Å². The van der Waals surface area contributed by atoms with Gasteiger partial charge in [0.2, 0.25) is 5.91 Å². The summed E-state index contributed by atoms with van der Waals surface area (Å²) in [5.41, 5.74) is 0.934. The lowest BCUT2D eigenvalue weighted by Crippen LogP contribution is -2.51. The predicted octanol–water partition coefficient (Wildman–Crippen LogP) is 3.62. The Morgan fingerprint density at radius 3 is 2.57 bits per heavy atom. The number of rotatable bonds is 4. The van der Waals surface area contributed by atoms with E-state index in [-0.39, 0.29) is 24.1 Å². The van der Waals surface area contributed by atoms with Crippen molar-refractivity contribution in [1.29, 1.82) is 0 Å². The zero-order valence-electron chi connectivity index (χ0n) is 15.9. The molecule has 2 saturated heterocycles. The molecule has 4 rings (SSSR count).